The first-order chi connectivity index (χ1) is 12.9. The van der Waals surface area contributed by atoms with Gasteiger partial charge in [0.25, 0.3) is 5.91 Å². The maximum absolute atomic E-state index is 12.2. The van der Waals surface area contributed by atoms with E-state index < -0.39 is 0 Å². The molecule has 0 fully saturated rings. The van der Waals surface area contributed by atoms with Crippen molar-refractivity contribution in [2.45, 2.75) is 27.3 Å². The van der Waals surface area contributed by atoms with E-state index in [9.17, 15) is 4.79 Å². The summed E-state index contributed by atoms with van der Waals surface area (Å²) in [5.41, 5.74) is 2.44. The van der Waals surface area contributed by atoms with Gasteiger partial charge in [-0.25, -0.2) is 0 Å². The van der Waals surface area contributed by atoms with Crippen LogP contribution in [0.1, 0.15) is 36.7 Å². The van der Waals surface area contributed by atoms with E-state index >= 15 is 0 Å². The standard InChI is InChI=1S/C21H27ClN2O3/c1-5-27-19-10-15(9-18(22)20(19)26-4)13-23-17-8-6-7-16(11-17)21(25)24-12-14(2)3/h6-11,14,23H,5,12-13H2,1-4H3,(H,24,25). The Morgan fingerprint density at radius 1 is 1.22 bits per heavy atom. The Labute approximate surface area is 166 Å². The third kappa shape index (κ3) is 6.07. The van der Waals surface area contributed by atoms with Crippen molar-refractivity contribution in [2.24, 2.45) is 5.92 Å². The number of anilines is 1. The Morgan fingerprint density at radius 3 is 2.67 bits per heavy atom. The number of benzene rings is 2. The topological polar surface area (TPSA) is 59.6 Å². The predicted molar refractivity (Wildman–Crippen MR) is 110 cm³/mol. The average molecular weight is 391 g/mol. The van der Waals surface area contributed by atoms with Crippen LogP contribution in [0.2, 0.25) is 5.02 Å². The molecule has 0 bridgehead atoms. The van der Waals surface area contributed by atoms with Gasteiger partial charge in [0, 0.05) is 24.3 Å². The van der Waals surface area contributed by atoms with Crippen LogP contribution in [0, 0.1) is 5.92 Å². The summed E-state index contributed by atoms with van der Waals surface area (Å²) in [4.78, 5) is 12.2. The zero-order chi connectivity index (χ0) is 19.8. The zero-order valence-corrected chi connectivity index (χ0v) is 17.0. The molecular weight excluding hydrogens is 364 g/mol. The lowest BCUT2D eigenvalue weighted by molar-refractivity contribution is 0.0949. The van der Waals surface area contributed by atoms with Crippen LogP contribution < -0.4 is 20.1 Å². The van der Waals surface area contributed by atoms with Crippen LogP contribution in [0.4, 0.5) is 5.69 Å². The lowest BCUT2D eigenvalue weighted by atomic mass is 10.1. The molecule has 2 rings (SSSR count). The molecule has 1 amide bonds. The Kier molecular flexibility index (Phi) is 7.80. The summed E-state index contributed by atoms with van der Waals surface area (Å²) >= 11 is 6.29. The van der Waals surface area contributed by atoms with Gasteiger partial charge in [0.15, 0.2) is 11.5 Å². The van der Waals surface area contributed by atoms with Crippen LogP contribution in [-0.4, -0.2) is 26.2 Å². The third-order valence-corrected chi connectivity index (χ3v) is 4.15. The second-order valence-corrected chi connectivity index (χ2v) is 6.99. The molecule has 0 aliphatic rings. The van der Waals surface area contributed by atoms with Gasteiger partial charge in [-0.1, -0.05) is 31.5 Å². The summed E-state index contributed by atoms with van der Waals surface area (Å²) in [6.07, 6.45) is 0. The van der Waals surface area contributed by atoms with Gasteiger partial charge < -0.3 is 20.1 Å². The van der Waals surface area contributed by atoms with E-state index in [1.807, 2.05) is 37.3 Å². The van der Waals surface area contributed by atoms with E-state index in [0.717, 1.165) is 11.3 Å². The van der Waals surface area contributed by atoms with Crippen molar-refractivity contribution >= 4 is 23.2 Å². The SMILES string of the molecule is CCOc1cc(CNc2cccc(C(=O)NCC(C)C)c2)cc(Cl)c1OC. The molecule has 2 aromatic rings. The first-order valence-electron chi connectivity index (χ1n) is 9.06. The fourth-order valence-electron chi connectivity index (χ4n) is 2.56. The van der Waals surface area contributed by atoms with Gasteiger partial charge in [0.05, 0.1) is 18.7 Å². The van der Waals surface area contributed by atoms with E-state index in [-0.39, 0.29) is 5.91 Å². The van der Waals surface area contributed by atoms with E-state index in [0.29, 0.717) is 47.7 Å². The first kappa shape index (κ1) is 20.9. The second kappa shape index (κ2) is 10.1. The molecule has 0 aliphatic heterocycles. The van der Waals surface area contributed by atoms with Crippen LogP contribution in [0.3, 0.4) is 0 Å². The minimum absolute atomic E-state index is 0.0709. The Morgan fingerprint density at radius 2 is 2.00 bits per heavy atom. The Balaban J connectivity index is 2.08. The minimum atomic E-state index is -0.0709. The maximum Gasteiger partial charge on any atom is 0.251 e. The molecule has 0 radical (unpaired) electrons. The molecule has 6 heteroatoms. The summed E-state index contributed by atoms with van der Waals surface area (Å²) in [5, 5.41) is 6.75. The van der Waals surface area contributed by atoms with Gasteiger partial charge in [-0.15, -0.1) is 0 Å². The van der Waals surface area contributed by atoms with Crippen LogP contribution >= 0.6 is 11.6 Å². The Bertz CT molecular complexity index is 778. The minimum Gasteiger partial charge on any atom is -0.491 e. The average Bonchev–Trinajstić information content (AvgIpc) is 2.65. The summed E-state index contributed by atoms with van der Waals surface area (Å²) in [7, 11) is 1.57. The van der Waals surface area contributed by atoms with E-state index in [4.69, 9.17) is 21.1 Å². The number of nitrogens with one attached hydrogen (secondary N) is 2. The second-order valence-electron chi connectivity index (χ2n) is 6.58. The predicted octanol–water partition coefficient (Wildman–Crippen LogP) is 4.75. The third-order valence-electron chi connectivity index (χ3n) is 3.87. The smallest absolute Gasteiger partial charge is 0.251 e. The highest BCUT2D eigenvalue weighted by Crippen LogP contribution is 2.36. The number of methoxy groups -OCH3 is 1. The number of hydrogen-bond acceptors (Lipinski definition) is 4. The van der Waals surface area contributed by atoms with Gasteiger partial charge in [-0.2, -0.15) is 0 Å². The van der Waals surface area contributed by atoms with Crippen LogP contribution in [0.25, 0.3) is 0 Å². The first-order valence-corrected chi connectivity index (χ1v) is 9.43. The number of halogens is 1. The number of carbonyl (C=O) groups is 1. The molecule has 0 spiro atoms. The lowest BCUT2D eigenvalue weighted by Gasteiger charge is -2.14. The molecule has 0 saturated heterocycles. The van der Waals surface area contributed by atoms with E-state index in [2.05, 4.69) is 24.5 Å². The van der Waals surface area contributed by atoms with Crippen molar-refractivity contribution in [1.29, 1.82) is 0 Å². The molecule has 0 saturated carbocycles. The number of rotatable bonds is 9. The quantitative estimate of drug-likeness (QED) is 0.649. The molecule has 146 valence electrons. The largest absolute Gasteiger partial charge is 0.491 e. The molecule has 0 unspecified atom stereocenters. The number of ether oxygens (including phenoxy) is 2. The van der Waals surface area contributed by atoms with Crippen molar-refractivity contribution in [1.82, 2.24) is 5.32 Å². The number of hydrogen-bond donors (Lipinski definition) is 2. The van der Waals surface area contributed by atoms with Crippen molar-refractivity contribution in [3.63, 3.8) is 0 Å². The molecule has 2 aromatic carbocycles. The Hall–Kier alpha value is -2.40. The monoisotopic (exact) mass is 390 g/mol. The van der Waals surface area contributed by atoms with E-state index in [1.54, 1.807) is 13.2 Å². The molecule has 0 aromatic heterocycles. The molecule has 0 heterocycles. The molecule has 5 nitrogen and oxygen atoms in total. The number of amides is 1. The van der Waals surface area contributed by atoms with Crippen LogP contribution in [0.15, 0.2) is 36.4 Å². The van der Waals surface area contributed by atoms with Crippen molar-refractivity contribution in [3.8, 4) is 11.5 Å². The van der Waals surface area contributed by atoms with Gasteiger partial charge in [0.1, 0.15) is 0 Å². The zero-order valence-electron chi connectivity index (χ0n) is 16.3. The highest BCUT2D eigenvalue weighted by Gasteiger charge is 2.12. The maximum atomic E-state index is 12.2. The normalized spacial score (nSPS) is 10.6. The summed E-state index contributed by atoms with van der Waals surface area (Å²) < 4.78 is 10.9. The molecular formula is C21H27ClN2O3. The van der Waals surface area contributed by atoms with Gasteiger partial charge in [0.2, 0.25) is 0 Å². The van der Waals surface area contributed by atoms with Gasteiger partial charge >= 0.3 is 0 Å². The highest BCUT2D eigenvalue weighted by molar-refractivity contribution is 6.32. The lowest BCUT2D eigenvalue weighted by Crippen LogP contribution is -2.27. The molecule has 0 aliphatic carbocycles. The van der Waals surface area contributed by atoms with E-state index in [1.165, 1.54) is 0 Å². The molecule has 0 atom stereocenters. The van der Waals surface area contributed by atoms with Crippen molar-refractivity contribution in [3.05, 3.63) is 52.5 Å². The summed E-state index contributed by atoms with van der Waals surface area (Å²) in [6.45, 7) is 7.76. The van der Waals surface area contributed by atoms with Crippen LogP contribution in [-0.2, 0) is 6.54 Å². The van der Waals surface area contributed by atoms with Gasteiger partial charge in [-0.05, 0) is 48.7 Å². The van der Waals surface area contributed by atoms with Crippen LogP contribution in [0.5, 0.6) is 11.5 Å². The summed E-state index contributed by atoms with van der Waals surface area (Å²) in [6, 6.07) is 11.2. The van der Waals surface area contributed by atoms with Crippen molar-refractivity contribution < 1.29 is 14.3 Å². The fourth-order valence-corrected chi connectivity index (χ4v) is 2.87. The summed E-state index contributed by atoms with van der Waals surface area (Å²) in [5.74, 6) is 1.49. The fraction of sp³-hybridized carbons (Fsp3) is 0.381. The molecule has 2 N–H and O–H groups in total. The number of carbonyl (C=O) groups excluding carboxylic acids is 1. The van der Waals surface area contributed by atoms with Crippen molar-refractivity contribution in [2.75, 3.05) is 25.6 Å². The van der Waals surface area contributed by atoms with Gasteiger partial charge in [-0.3, -0.25) is 4.79 Å². The highest BCUT2D eigenvalue weighted by atomic mass is 35.5. The molecule has 27 heavy (non-hydrogen) atoms.